The van der Waals surface area contributed by atoms with Crippen LogP contribution >= 0.6 is 11.5 Å². The van der Waals surface area contributed by atoms with Crippen LogP contribution in [0.5, 0.6) is 0 Å². The van der Waals surface area contributed by atoms with Gasteiger partial charge in [-0.1, -0.05) is 11.4 Å². The van der Waals surface area contributed by atoms with Crippen LogP contribution in [0, 0.1) is 6.92 Å². The monoisotopic (exact) mass is 266 g/mol. The third-order valence-corrected chi connectivity index (χ3v) is 3.80. The number of hydrogen-bond acceptors (Lipinski definition) is 6. The topological polar surface area (TPSA) is 81.7 Å². The first-order chi connectivity index (χ1) is 8.76. The van der Waals surface area contributed by atoms with Crippen LogP contribution in [-0.4, -0.2) is 19.1 Å². The van der Waals surface area contributed by atoms with Crippen molar-refractivity contribution in [2.75, 3.05) is 0 Å². The number of nitrogens with two attached hydrogens (primary N) is 1. The second-order valence-electron chi connectivity index (χ2n) is 4.18. The Labute approximate surface area is 110 Å². The van der Waals surface area contributed by atoms with E-state index in [1.54, 1.807) is 0 Å². The Morgan fingerprint density at radius 3 is 3.00 bits per heavy atom. The zero-order valence-electron chi connectivity index (χ0n) is 10.6. The predicted molar refractivity (Wildman–Crippen MR) is 70.9 cm³/mol. The molecule has 0 aromatic carbocycles. The number of nitrogens with zero attached hydrogens (tertiary/aromatic N) is 4. The Hall–Kier alpha value is -1.31. The van der Waals surface area contributed by atoms with E-state index in [1.165, 1.54) is 11.5 Å². The van der Waals surface area contributed by atoms with E-state index in [2.05, 4.69) is 31.5 Å². The summed E-state index contributed by atoms with van der Waals surface area (Å²) in [6, 6.07) is 0.0167. The first kappa shape index (κ1) is 13.1. The summed E-state index contributed by atoms with van der Waals surface area (Å²) < 4.78 is 6.11. The van der Waals surface area contributed by atoms with Crippen LogP contribution in [0.1, 0.15) is 35.8 Å². The van der Waals surface area contributed by atoms with Crippen molar-refractivity contribution in [3.63, 3.8) is 0 Å². The fourth-order valence-corrected chi connectivity index (χ4v) is 2.64. The van der Waals surface area contributed by atoms with Crippen LogP contribution in [0.3, 0.4) is 0 Å². The number of rotatable bonds is 6. The van der Waals surface area contributed by atoms with Gasteiger partial charge in [-0.3, -0.25) is 11.3 Å². The highest BCUT2D eigenvalue weighted by molar-refractivity contribution is 7.05. The highest BCUT2D eigenvalue weighted by Crippen LogP contribution is 2.22. The van der Waals surface area contributed by atoms with E-state index < -0.39 is 0 Å². The summed E-state index contributed by atoms with van der Waals surface area (Å²) in [6.07, 6.45) is 5.67. The molecule has 6 nitrogen and oxygen atoms in total. The standard InChI is InChI=1S/C11H18N6S/c1-3-5-17-6-4-13-10(17)7-9(14-12)11-8(2)15-16-18-11/h4,6,9,14H,3,5,7,12H2,1-2H3. The van der Waals surface area contributed by atoms with Gasteiger partial charge in [0.05, 0.1) is 16.6 Å². The highest BCUT2D eigenvalue weighted by Gasteiger charge is 2.18. The molecular weight excluding hydrogens is 248 g/mol. The molecule has 0 saturated heterocycles. The molecule has 0 spiro atoms. The Morgan fingerprint density at radius 1 is 1.56 bits per heavy atom. The SMILES string of the molecule is CCCn1ccnc1CC(NN)c1snnc1C. The van der Waals surface area contributed by atoms with Crippen molar-refractivity contribution in [2.24, 2.45) is 5.84 Å². The molecule has 3 N–H and O–H groups in total. The second-order valence-corrected chi connectivity index (χ2v) is 4.97. The molecule has 1 unspecified atom stereocenters. The van der Waals surface area contributed by atoms with Gasteiger partial charge in [-0.25, -0.2) is 4.98 Å². The predicted octanol–water partition coefficient (Wildman–Crippen LogP) is 1.20. The summed E-state index contributed by atoms with van der Waals surface area (Å²) in [5, 5.41) is 4.02. The fraction of sp³-hybridized carbons (Fsp3) is 0.545. The summed E-state index contributed by atoms with van der Waals surface area (Å²) in [6.45, 7) is 5.08. The van der Waals surface area contributed by atoms with Gasteiger partial charge >= 0.3 is 0 Å². The Balaban J connectivity index is 2.15. The van der Waals surface area contributed by atoms with Crippen molar-refractivity contribution in [2.45, 2.75) is 39.3 Å². The van der Waals surface area contributed by atoms with Gasteiger partial charge < -0.3 is 4.57 Å². The molecule has 2 rings (SSSR count). The van der Waals surface area contributed by atoms with Crippen molar-refractivity contribution in [3.05, 3.63) is 28.8 Å². The lowest BCUT2D eigenvalue weighted by Gasteiger charge is -2.15. The van der Waals surface area contributed by atoms with E-state index in [9.17, 15) is 0 Å². The highest BCUT2D eigenvalue weighted by atomic mass is 32.1. The van der Waals surface area contributed by atoms with Crippen LogP contribution < -0.4 is 11.3 Å². The maximum atomic E-state index is 5.64. The van der Waals surface area contributed by atoms with Crippen molar-refractivity contribution < 1.29 is 0 Å². The van der Waals surface area contributed by atoms with Gasteiger partial charge in [0.15, 0.2) is 0 Å². The molecule has 0 aliphatic carbocycles. The quantitative estimate of drug-likeness (QED) is 0.606. The third kappa shape index (κ3) is 2.74. The molecule has 1 atom stereocenters. The molecule has 7 heteroatoms. The number of imidazole rings is 1. The molecule has 2 aromatic heterocycles. The minimum absolute atomic E-state index is 0.0167. The Bertz CT molecular complexity index is 491. The number of hydrogen-bond donors (Lipinski definition) is 2. The molecule has 0 aliphatic heterocycles. The average molecular weight is 266 g/mol. The zero-order valence-corrected chi connectivity index (χ0v) is 11.4. The second kappa shape index (κ2) is 6.03. The molecule has 2 heterocycles. The van der Waals surface area contributed by atoms with Crippen molar-refractivity contribution in [3.8, 4) is 0 Å². The van der Waals surface area contributed by atoms with Crippen molar-refractivity contribution in [1.29, 1.82) is 0 Å². The van der Waals surface area contributed by atoms with Crippen molar-refractivity contribution >= 4 is 11.5 Å². The smallest absolute Gasteiger partial charge is 0.110 e. The first-order valence-corrected chi connectivity index (χ1v) is 6.78. The maximum Gasteiger partial charge on any atom is 0.110 e. The lowest BCUT2D eigenvalue weighted by Crippen LogP contribution is -2.30. The van der Waals surface area contributed by atoms with Crippen LogP contribution in [0.2, 0.25) is 0 Å². The largest absolute Gasteiger partial charge is 0.335 e. The Kier molecular flexibility index (Phi) is 4.40. The number of aryl methyl sites for hydroxylation is 2. The summed E-state index contributed by atoms with van der Waals surface area (Å²) in [7, 11) is 0. The maximum absolute atomic E-state index is 5.64. The minimum Gasteiger partial charge on any atom is -0.335 e. The summed E-state index contributed by atoms with van der Waals surface area (Å²) in [5.74, 6) is 6.67. The van der Waals surface area contributed by atoms with Crippen LogP contribution in [-0.2, 0) is 13.0 Å². The summed E-state index contributed by atoms with van der Waals surface area (Å²) >= 11 is 1.38. The van der Waals surface area contributed by atoms with E-state index in [-0.39, 0.29) is 6.04 Å². The number of aromatic nitrogens is 4. The normalized spacial score (nSPS) is 12.8. The van der Waals surface area contributed by atoms with Crippen LogP contribution in [0.25, 0.3) is 0 Å². The lowest BCUT2D eigenvalue weighted by atomic mass is 10.1. The third-order valence-electron chi connectivity index (χ3n) is 2.86. The molecule has 0 saturated carbocycles. The van der Waals surface area contributed by atoms with Gasteiger partial charge in [0, 0.05) is 25.4 Å². The van der Waals surface area contributed by atoms with Gasteiger partial charge in [0.2, 0.25) is 0 Å². The van der Waals surface area contributed by atoms with E-state index in [0.29, 0.717) is 0 Å². The molecule has 98 valence electrons. The number of nitrogens with one attached hydrogen (secondary N) is 1. The molecule has 18 heavy (non-hydrogen) atoms. The molecule has 0 aliphatic rings. The van der Waals surface area contributed by atoms with E-state index in [0.717, 1.165) is 35.8 Å². The molecule has 2 aromatic rings. The number of hydrazine groups is 1. The summed E-state index contributed by atoms with van der Waals surface area (Å²) in [4.78, 5) is 5.47. The molecular formula is C11H18N6S. The van der Waals surface area contributed by atoms with Crippen LogP contribution in [0.4, 0.5) is 0 Å². The first-order valence-electron chi connectivity index (χ1n) is 6.01. The lowest BCUT2D eigenvalue weighted by molar-refractivity contribution is 0.521. The summed E-state index contributed by atoms with van der Waals surface area (Å²) in [5.41, 5.74) is 3.76. The van der Waals surface area contributed by atoms with Gasteiger partial charge in [-0.2, -0.15) is 0 Å². The molecule has 0 fully saturated rings. The molecule has 0 bridgehead atoms. The fourth-order valence-electron chi connectivity index (χ4n) is 1.94. The van der Waals surface area contributed by atoms with Crippen molar-refractivity contribution in [1.82, 2.24) is 24.6 Å². The van der Waals surface area contributed by atoms with Gasteiger partial charge in [-0.05, 0) is 24.9 Å². The zero-order chi connectivity index (χ0) is 13.0. The average Bonchev–Trinajstić information content (AvgIpc) is 2.96. The van der Waals surface area contributed by atoms with Gasteiger partial charge in [-0.15, -0.1) is 5.10 Å². The van der Waals surface area contributed by atoms with Gasteiger partial charge in [0.25, 0.3) is 0 Å². The van der Waals surface area contributed by atoms with E-state index in [1.807, 2.05) is 19.3 Å². The Morgan fingerprint density at radius 2 is 2.39 bits per heavy atom. The van der Waals surface area contributed by atoms with E-state index >= 15 is 0 Å². The minimum atomic E-state index is 0.0167. The molecule has 0 radical (unpaired) electrons. The van der Waals surface area contributed by atoms with Crippen LogP contribution in [0.15, 0.2) is 12.4 Å². The van der Waals surface area contributed by atoms with Gasteiger partial charge in [0.1, 0.15) is 5.82 Å². The van der Waals surface area contributed by atoms with E-state index in [4.69, 9.17) is 5.84 Å². The molecule has 0 amide bonds.